The highest BCUT2D eigenvalue weighted by Gasteiger charge is 2.05. The molecule has 0 radical (unpaired) electrons. The number of anilines is 2. The van der Waals surface area contributed by atoms with Crippen molar-refractivity contribution in [3.8, 4) is 0 Å². The number of pyridine rings is 1. The van der Waals surface area contributed by atoms with Crippen LogP contribution in [0.1, 0.15) is 5.56 Å². The molecular weight excluding hydrogens is 210 g/mol. The third kappa shape index (κ3) is 1.47. The molecule has 0 bridgehead atoms. The van der Waals surface area contributed by atoms with Crippen LogP contribution in [0.5, 0.6) is 0 Å². The van der Waals surface area contributed by atoms with Gasteiger partial charge in [-0.15, -0.1) is 0 Å². The van der Waals surface area contributed by atoms with Gasteiger partial charge in [0.05, 0.1) is 11.0 Å². The van der Waals surface area contributed by atoms with Crippen molar-refractivity contribution in [2.75, 3.05) is 11.5 Å². The van der Waals surface area contributed by atoms with E-state index in [0.717, 1.165) is 33.2 Å². The van der Waals surface area contributed by atoms with Crippen molar-refractivity contribution in [3.63, 3.8) is 0 Å². The smallest absolute Gasteiger partial charge is 0.0732 e. The lowest BCUT2D eigenvalue weighted by Crippen LogP contribution is -1.92. The van der Waals surface area contributed by atoms with Crippen molar-refractivity contribution in [1.29, 1.82) is 0 Å². The first kappa shape index (κ1) is 9.90. The first-order valence-electron chi connectivity index (χ1n) is 5.50. The van der Waals surface area contributed by atoms with Crippen molar-refractivity contribution in [2.45, 2.75) is 6.92 Å². The van der Waals surface area contributed by atoms with E-state index >= 15 is 0 Å². The van der Waals surface area contributed by atoms with Crippen LogP contribution in [-0.2, 0) is 0 Å². The van der Waals surface area contributed by atoms with Crippen LogP contribution < -0.4 is 11.5 Å². The molecule has 1 heterocycles. The van der Waals surface area contributed by atoms with Crippen molar-refractivity contribution < 1.29 is 0 Å². The Morgan fingerprint density at radius 2 is 1.29 bits per heavy atom. The Hall–Kier alpha value is -2.29. The van der Waals surface area contributed by atoms with Crippen molar-refractivity contribution in [2.24, 2.45) is 0 Å². The van der Waals surface area contributed by atoms with Gasteiger partial charge in [0.1, 0.15) is 0 Å². The number of nitrogens with zero attached hydrogens (tertiary/aromatic N) is 1. The molecule has 0 saturated carbocycles. The van der Waals surface area contributed by atoms with Crippen molar-refractivity contribution in [3.05, 3.63) is 42.0 Å². The molecule has 0 aliphatic carbocycles. The third-order valence-electron chi connectivity index (χ3n) is 3.09. The van der Waals surface area contributed by atoms with E-state index in [0.29, 0.717) is 0 Å². The normalized spacial score (nSPS) is 11.1. The molecule has 0 saturated heterocycles. The summed E-state index contributed by atoms with van der Waals surface area (Å²) >= 11 is 0. The molecule has 1 aromatic heterocycles. The summed E-state index contributed by atoms with van der Waals surface area (Å²) in [6.45, 7) is 2.10. The number of nitrogens with two attached hydrogens (primary N) is 2. The maximum atomic E-state index is 5.78. The second-order valence-electron chi connectivity index (χ2n) is 4.29. The lowest BCUT2D eigenvalue weighted by Gasteiger charge is -2.08. The SMILES string of the molecule is Cc1c2ccc(N)cc2nc2cc(N)ccc12. The highest BCUT2D eigenvalue weighted by atomic mass is 14.7. The number of aromatic nitrogens is 1. The van der Waals surface area contributed by atoms with Crippen molar-refractivity contribution >= 4 is 33.2 Å². The van der Waals surface area contributed by atoms with E-state index in [-0.39, 0.29) is 0 Å². The van der Waals surface area contributed by atoms with Gasteiger partial charge in [0, 0.05) is 22.1 Å². The number of hydrogen-bond donors (Lipinski definition) is 2. The van der Waals surface area contributed by atoms with Crippen LogP contribution in [0, 0.1) is 6.92 Å². The van der Waals surface area contributed by atoms with E-state index in [2.05, 4.69) is 11.9 Å². The Kier molecular flexibility index (Phi) is 1.95. The van der Waals surface area contributed by atoms with Gasteiger partial charge >= 0.3 is 0 Å². The van der Waals surface area contributed by atoms with E-state index < -0.39 is 0 Å². The molecule has 84 valence electrons. The van der Waals surface area contributed by atoms with Crippen molar-refractivity contribution in [1.82, 2.24) is 4.98 Å². The lowest BCUT2D eigenvalue weighted by atomic mass is 10.0. The molecule has 0 aliphatic heterocycles. The maximum Gasteiger partial charge on any atom is 0.0732 e. The first-order chi connectivity index (χ1) is 8.15. The average molecular weight is 223 g/mol. The van der Waals surface area contributed by atoms with Crippen LogP contribution >= 0.6 is 0 Å². The monoisotopic (exact) mass is 223 g/mol. The summed E-state index contributed by atoms with van der Waals surface area (Å²) in [4.78, 5) is 4.60. The van der Waals surface area contributed by atoms with Crippen LogP contribution in [-0.4, -0.2) is 4.98 Å². The highest BCUT2D eigenvalue weighted by Crippen LogP contribution is 2.27. The molecule has 0 unspecified atom stereocenters. The summed E-state index contributed by atoms with van der Waals surface area (Å²) < 4.78 is 0. The number of aryl methyl sites for hydroxylation is 1. The van der Waals surface area contributed by atoms with Gasteiger partial charge in [0.15, 0.2) is 0 Å². The summed E-state index contributed by atoms with van der Waals surface area (Å²) in [7, 11) is 0. The van der Waals surface area contributed by atoms with E-state index in [1.54, 1.807) is 0 Å². The Bertz CT molecular complexity index is 672. The summed E-state index contributed by atoms with van der Waals surface area (Å²) in [5, 5.41) is 2.27. The fourth-order valence-electron chi connectivity index (χ4n) is 2.19. The van der Waals surface area contributed by atoms with Gasteiger partial charge in [-0.2, -0.15) is 0 Å². The van der Waals surface area contributed by atoms with Gasteiger partial charge in [-0.1, -0.05) is 12.1 Å². The molecule has 2 aromatic carbocycles. The molecule has 3 aromatic rings. The Morgan fingerprint density at radius 3 is 1.76 bits per heavy atom. The average Bonchev–Trinajstić information content (AvgIpc) is 2.28. The number of nitrogen functional groups attached to an aromatic ring is 2. The summed E-state index contributed by atoms with van der Waals surface area (Å²) in [5.74, 6) is 0. The van der Waals surface area contributed by atoms with Gasteiger partial charge in [-0.05, 0) is 36.8 Å². The summed E-state index contributed by atoms with van der Waals surface area (Å²) in [6.07, 6.45) is 0. The molecule has 3 nitrogen and oxygen atoms in total. The van der Waals surface area contributed by atoms with E-state index in [4.69, 9.17) is 11.5 Å². The predicted molar refractivity (Wildman–Crippen MR) is 72.8 cm³/mol. The molecule has 3 heteroatoms. The topological polar surface area (TPSA) is 64.9 Å². The largest absolute Gasteiger partial charge is 0.399 e. The molecule has 4 N–H and O–H groups in total. The minimum Gasteiger partial charge on any atom is -0.399 e. The van der Waals surface area contributed by atoms with Gasteiger partial charge in [0.2, 0.25) is 0 Å². The van der Waals surface area contributed by atoms with E-state index in [1.807, 2.05) is 36.4 Å². The van der Waals surface area contributed by atoms with Crippen LogP contribution in [0.25, 0.3) is 21.8 Å². The second kappa shape index (κ2) is 3.35. The number of hydrogen-bond acceptors (Lipinski definition) is 3. The predicted octanol–water partition coefficient (Wildman–Crippen LogP) is 2.86. The van der Waals surface area contributed by atoms with Crippen LogP contribution in [0.3, 0.4) is 0 Å². The van der Waals surface area contributed by atoms with Gasteiger partial charge < -0.3 is 11.5 Å². The van der Waals surface area contributed by atoms with Crippen LogP contribution in [0.4, 0.5) is 11.4 Å². The number of benzene rings is 2. The standard InChI is InChI=1S/C14H13N3/c1-8-11-4-2-9(15)6-13(11)17-14-7-10(16)3-5-12(8)14/h2-7H,15-16H2,1H3. The second-order valence-corrected chi connectivity index (χ2v) is 4.29. The zero-order valence-corrected chi connectivity index (χ0v) is 9.57. The zero-order chi connectivity index (χ0) is 12.0. The lowest BCUT2D eigenvalue weighted by molar-refractivity contribution is 1.45. The van der Waals surface area contributed by atoms with Gasteiger partial charge in [0.25, 0.3) is 0 Å². The molecule has 0 atom stereocenters. The molecule has 0 spiro atoms. The van der Waals surface area contributed by atoms with Gasteiger partial charge in [-0.25, -0.2) is 4.98 Å². The molecule has 3 rings (SSSR count). The molecule has 0 aliphatic rings. The Morgan fingerprint density at radius 1 is 0.824 bits per heavy atom. The van der Waals surface area contributed by atoms with Crippen LogP contribution in [0.2, 0.25) is 0 Å². The summed E-state index contributed by atoms with van der Waals surface area (Å²) in [6, 6.07) is 11.6. The maximum absolute atomic E-state index is 5.78. The summed E-state index contributed by atoms with van der Waals surface area (Å²) in [5.41, 5.74) is 16.1. The minimum atomic E-state index is 0.729. The fraction of sp³-hybridized carbons (Fsp3) is 0.0714. The zero-order valence-electron chi connectivity index (χ0n) is 9.57. The molecular formula is C14H13N3. The van der Waals surface area contributed by atoms with Gasteiger partial charge in [-0.3, -0.25) is 0 Å². The third-order valence-corrected chi connectivity index (χ3v) is 3.09. The first-order valence-corrected chi connectivity index (χ1v) is 5.50. The molecule has 0 amide bonds. The minimum absolute atomic E-state index is 0.729. The number of rotatable bonds is 0. The highest BCUT2D eigenvalue weighted by molar-refractivity contribution is 5.98. The van der Waals surface area contributed by atoms with Crippen LogP contribution in [0.15, 0.2) is 36.4 Å². The Balaban J connectivity index is 2.52. The molecule has 0 fully saturated rings. The van der Waals surface area contributed by atoms with E-state index in [9.17, 15) is 0 Å². The quantitative estimate of drug-likeness (QED) is 0.455. The Labute approximate surface area is 99.1 Å². The molecule has 17 heavy (non-hydrogen) atoms. The van der Waals surface area contributed by atoms with E-state index in [1.165, 1.54) is 5.56 Å². The fourth-order valence-corrected chi connectivity index (χ4v) is 2.19. The number of fused-ring (bicyclic) bond motifs is 2.